The SMILES string of the molecule is O=C(Nc1ccc2ccccc2c1)c1ccc(S(=O)(=O)NC[C@@H]2CCCO2)cc1. The van der Waals surface area contributed by atoms with Crippen molar-refractivity contribution in [2.45, 2.75) is 23.8 Å². The Labute approximate surface area is 169 Å². The maximum atomic E-state index is 12.5. The molecule has 1 aliphatic rings. The molecule has 7 heteroatoms. The summed E-state index contributed by atoms with van der Waals surface area (Å²) in [7, 11) is -3.64. The van der Waals surface area contributed by atoms with Gasteiger partial charge in [-0.2, -0.15) is 0 Å². The quantitative estimate of drug-likeness (QED) is 0.651. The predicted molar refractivity (Wildman–Crippen MR) is 113 cm³/mol. The molecular weight excluding hydrogens is 388 g/mol. The maximum Gasteiger partial charge on any atom is 0.255 e. The molecule has 0 aromatic heterocycles. The molecule has 4 rings (SSSR count). The summed E-state index contributed by atoms with van der Waals surface area (Å²) in [6.45, 7) is 0.931. The van der Waals surface area contributed by atoms with E-state index in [0.29, 0.717) is 17.9 Å². The van der Waals surface area contributed by atoms with Crippen LogP contribution in [-0.4, -0.2) is 33.6 Å². The first kappa shape index (κ1) is 19.6. The summed E-state index contributed by atoms with van der Waals surface area (Å²) in [5, 5.41) is 4.97. The molecule has 1 amide bonds. The number of sulfonamides is 1. The Kier molecular flexibility index (Phi) is 5.62. The zero-order valence-electron chi connectivity index (χ0n) is 15.8. The molecule has 0 radical (unpaired) electrons. The number of hydrogen-bond acceptors (Lipinski definition) is 4. The lowest BCUT2D eigenvalue weighted by Crippen LogP contribution is -2.31. The summed E-state index contributed by atoms with van der Waals surface area (Å²) >= 11 is 0. The Morgan fingerprint density at radius 2 is 1.76 bits per heavy atom. The van der Waals surface area contributed by atoms with Crippen molar-refractivity contribution in [1.82, 2.24) is 4.72 Å². The van der Waals surface area contributed by atoms with Gasteiger partial charge in [-0.3, -0.25) is 4.79 Å². The Hall–Kier alpha value is -2.74. The first-order valence-electron chi connectivity index (χ1n) is 9.53. The van der Waals surface area contributed by atoms with Crippen LogP contribution in [0.4, 0.5) is 5.69 Å². The van der Waals surface area contributed by atoms with Gasteiger partial charge in [0.1, 0.15) is 0 Å². The van der Waals surface area contributed by atoms with E-state index in [4.69, 9.17) is 4.74 Å². The number of ether oxygens (including phenoxy) is 1. The van der Waals surface area contributed by atoms with Crippen LogP contribution in [-0.2, 0) is 14.8 Å². The number of fused-ring (bicyclic) bond motifs is 1. The van der Waals surface area contributed by atoms with E-state index in [1.54, 1.807) is 0 Å². The van der Waals surface area contributed by atoms with Crippen molar-refractivity contribution >= 4 is 32.4 Å². The second-order valence-electron chi connectivity index (χ2n) is 7.03. The molecular formula is C22H22N2O4S. The Morgan fingerprint density at radius 1 is 1.00 bits per heavy atom. The minimum atomic E-state index is -3.64. The fraction of sp³-hybridized carbons (Fsp3) is 0.227. The van der Waals surface area contributed by atoms with Gasteiger partial charge >= 0.3 is 0 Å². The predicted octanol–water partition coefficient (Wildman–Crippen LogP) is 3.55. The molecule has 3 aromatic rings. The molecule has 3 aromatic carbocycles. The number of benzene rings is 3. The van der Waals surface area contributed by atoms with Gasteiger partial charge in [0.05, 0.1) is 11.0 Å². The minimum absolute atomic E-state index is 0.0724. The highest BCUT2D eigenvalue weighted by Crippen LogP contribution is 2.20. The monoisotopic (exact) mass is 410 g/mol. The van der Waals surface area contributed by atoms with E-state index >= 15 is 0 Å². The number of nitrogens with one attached hydrogen (secondary N) is 2. The Balaban J connectivity index is 1.42. The summed E-state index contributed by atoms with van der Waals surface area (Å²) in [5.74, 6) is -0.295. The zero-order chi connectivity index (χ0) is 20.3. The highest BCUT2D eigenvalue weighted by Gasteiger charge is 2.20. The molecule has 1 aliphatic heterocycles. The van der Waals surface area contributed by atoms with Crippen LogP contribution in [0.25, 0.3) is 10.8 Å². The average Bonchev–Trinajstić information content (AvgIpc) is 3.26. The molecule has 0 bridgehead atoms. The van der Waals surface area contributed by atoms with Crippen molar-refractivity contribution in [1.29, 1.82) is 0 Å². The Bertz CT molecular complexity index is 1120. The topological polar surface area (TPSA) is 84.5 Å². The molecule has 0 spiro atoms. The number of hydrogen-bond donors (Lipinski definition) is 2. The molecule has 0 saturated carbocycles. The van der Waals surface area contributed by atoms with Crippen LogP contribution in [0, 0.1) is 0 Å². The van der Waals surface area contributed by atoms with E-state index in [9.17, 15) is 13.2 Å². The lowest BCUT2D eigenvalue weighted by molar-refractivity contribution is 0.102. The van der Waals surface area contributed by atoms with Crippen LogP contribution in [0.2, 0.25) is 0 Å². The number of anilines is 1. The summed E-state index contributed by atoms with van der Waals surface area (Å²) in [6, 6.07) is 19.5. The smallest absolute Gasteiger partial charge is 0.255 e. The average molecular weight is 410 g/mol. The lowest BCUT2D eigenvalue weighted by Gasteiger charge is -2.12. The molecule has 0 aliphatic carbocycles. The first-order chi connectivity index (χ1) is 14.0. The van der Waals surface area contributed by atoms with Gasteiger partial charge in [0.25, 0.3) is 5.91 Å². The van der Waals surface area contributed by atoms with Crippen LogP contribution in [0.15, 0.2) is 71.6 Å². The highest BCUT2D eigenvalue weighted by molar-refractivity contribution is 7.89. The number of rotatable bonds is 6. The number of carbonyl (C=O) groups is 1. The van der Waals surface area contributed by atoms with Crippen molar-refractivity contribution in [2.75, 3.05) is 18.5 Å². The van der Waals surface area contributed by atoms with Gasteiger partial charge in [-0.25, -0.2) is 13.1 Å². The van der Waals surface area contributed by atoms with Gasteiger partial charge in [-0.05, 0) is 60.0 Å². The second kappa shape index (κ2) is 8.32. The van der Waals surface area contributed by atoms with Crippen molar-refractivity contribution < 1.29 is 17.9 Å². The standard InChI is InChI=1S/C22H22N2O4S/c25-22(24-19-10-7-16-4-1-2-5-18(16)14-19)17-8-11-21(12-9-17)29(26,27)23-15-20-6-3-13-28-20/h1-2,4-5,7-12,14,20,23H,3,6,13,15H2,(H,24,25)/t20-/m0/s1. The second-order valence-corrected chi connectivity index (χ2v) is 8.79. The molecule has 29 heavy (non-hydrogen) atoms. The first-order valence-corrected chi connectivity index (χ1v) is 11.0. The van der Waals surface area contributed by atoms with Gasteiger partial charge in [0.2, 0.25) is 10.0 Å². The van der Waals surface area contributed by atoms with Gasteiger partial charge < -0.3 is 10.1 Å². The van der Waals surface area contributed by atoms with Gasteiger partial charge in [-0.1, -0.05) is 30.3 Å². The van der Waals surface area contributed by atoms with E-state index in [2.05, 4.69) is 10.0 Å². The summed E-state index contributed by atoms with van der Waals surface area (Å²) in [5.41, 5.74) is 1.07. The number of carbonyl (C=O) groups excluding carboxylic acids is 1. The molecule has 1 heterocycles. The van der Waals surface area contributed by atoms with E-state index < -0.39 is 10.0 Å². The molecule has 2 N–H and O–H groups in total. The van der Waals surface area contributed by atoms with Crippen LogP contribution in [0.1, 0.15) is 23.2 Å². The number of amides is 1. The molecule has 6 nitrogen and oxygen atoms in total. The summed E-state index contributed by atoms with van der Waals surface area (Å²) in [4.78, 5) is 12.6. The zero-order valence-corrected chi connectivity index (χ0v) is 16.6. The van der Waals surface area contributed by atoms with Crippen LogP contribution < -0.4 is 10.0 Å². The van der Waals surface area contributed by atoms with E-state index in [1.165, 1.54) is 24.3 Å². The van der Waals surface area contributed by atoms with Crippen molar-refractivity contribution in [3.05, 3.63) is 72.3 Å². The van der Waals surface area contributed by atoms with E-state index in [1.807, 2.05) is 42.5 Å². The van der Waals surface area contributed by atoms with Gasteiger partial charge in [0.15, 0.2) is 0 Å². The van der Waals surface area contributed by atoms with E-state index in [-0.39, 0.29) is 23.5 Å². The highest BCUT2D eigenvalue weighted by atomic mass is 32.2. The van der Waals surface area contributed by atoms with Crippen molar-refractivity contribution in [3.63, 3.8) is 0 Å². The summed E-state index contributed by atoms with van der Waals surface area (Å²) < 4.78 is 32.8. The molecule has 1 fully saturated rings. The molecule has 1 atom stereocenters. The maximum absolute atomic E-state index is 12.5. The third-order valence-corrected chi connectivity index (χ3v) is 6.40. The largest absolute Gasteiger partial charge is 0.377 e. The van der Waals surface area contributed by atoms with Gasteiger partial charge in [-0.15, -0.1) is 0 Å². The molecule has 0 unspecified atom stereocenters. The molecule has 150 valence electrons. The molecule has 1 saturated heterocycles. The van der Waals surface area contributed by atoms with Crippen molar-refractivity contribution in [2.24, 2.45) is 0 Å². The minimum Gasteiger partial charge on any atom is -0.377 e. The van der Waals surface area contributed by atoms with Gasteiger partial charge in [0, 0.05) is 24.4 Å². The summed E-state index contributed by atoms with van der Waals surface area (Å²) in [6.07, 6.45) is 1.74. The normalized spacial score (nSPS) is 16.8. The fourth-order valence-electron chi connectivity index (χ4n) is 3.35. The van der Waals surface area contributed by atoms with Crippen molar-refractivity contribution in [3.8, 4) is 0 Å². The third-order valence-electron chi connectivity index (χ3n) is 4.96. The van der Waals surface area contributed by atoms with Crippen LogP contribution >= 0.6 is 0 Å². The lowest BCUT2D eigenvalue weighted by atomic mass is 10.1. The van der Waals surface area contributed by atoms with E-state index in [0.717, 1.165) is 23.6 Å². The van der Waals surface area contributed by atoms with Crippen LogP contribution in [0.5, 0.6) is 0 Å². The van der Waals surface area contributed by atoms with Crippen LogP contribution in [0.3, 0.4) is 0 Å². The third kappa shape index (κ3) is 4.64. The Morgan fingerprint density at radius 3 is 2.48 bits per heavy atom. The fourth-order valence-corrected chi connectivity index (χ4v) is 4.41.